The molecule has 0 saturated carbocycles. The fourth-order valence-corrected chi connectivity index (χ4v) is 6.69. The van der Waals surface area contributed by atoms with Crippen LogP contribution in [0.25, 0.3) is 21.8 Å². The average Bonchev–Trinajstić information content (AvgIpc) is 3.11. The van der Waals surface area contributed by atoms with E-state index in [1.165, 1.54) is 0 Å². The standard InChI is InChI=1S/C22H31N3O4.C17H23N3O2/c1-22(2,3)29-21(27)23-17-9-11-24(12-10-17)13-14-25-19-15-18(28-4)7-5-16(19)6-8-20(25)26;1-22-15-4-2-13-3-5-17(21)20(16(13)12-15)11-10-19-8-6-14(18)7-9-19/h5-8,15,17H,9-14H2,1-4H3,(H,23,27);2-5,12,14H,6-11,18H2,1H3. The number of nitrogens with zero attached hydrogens (tertiary/aromatic N) is 4. The van der Waals surface area contributed by atoms with Gasteiger partial charge in [0.25, 0.3) is 11.1 Å². The Kier molecular flexibility index (Phi) is 12.8. The van der Waals surface area contributed by atoms with Crippen LogP contribution in [-0.4, -0.2) is 96.2 Å². The minimum atomic E-state index is -0.487. The van der Waals surface area contributed by atoms with Crippen molar-refractivity contribution in [2.24, 2.45) is 5.73 Å². The van der Waals surface area contributed by atoms with Crippen LogP contribution in [0.15, 0.2) is 70.3 Å². The number of piperidine rings is 2. The molecule has 0 spiro atoms. The second-order valence-corrected chi connectivity index (χ2v) is 14.4. The van der Waals surface area contributed by atoms with Crippen LogP contribution in [0.3, 0.4) is 0 Å². The molecular weight excluding hydrogens is 648 g/mol. The fraction of sp³-hybridized carbons (Fsp3) is 0.513. The zero-order valence-corrected chi connectivity index (χ0v) is 30.7. The van der Waals surface area contributed by atoms with Crippen molar-refractivity contribution in [3.8, 4) is 11.5 Å². The third-order valence-electron chi connectivity index (χ3n) is 9.62. The molecule has 12 heteroatoms. The molecule has 2 fully saturated rings. The highest BCUT2D eigenvalue weighted by molar-refractivity contribution is 5.81. The van der Waals surface area contributed by atoms with E-state index < -0.39 is 5.60 Å². The number of aromatic nitrogens is 2. The molecule has 0 radical (unpaired) electrons. The zero-order chi connectivity index (χ0) is 36.5. The van der Waals surface area contributed by atoms with Gasteiger partial charge in [0.1, 0.15) is 17.1 Å². The van der Waals surface area contributed by atoms with Crippen LogP contribution in [0.2, 0.25) is 0 Å². The third kappa shape index (κ3) is 10.6. The number of rotatable bonds is 9. The first-order chi connectivity index (χ1) is 24.4. The molecule has 4 heterocycles. The van der Waals surface area contributed by atoms with Crippen LogP contribution in [0.5, 0.6) is 11.5 Å². The fourth-order valence-electron chi connectivity index (χ4n) is 6.69. The van der Waals surface area contributed by atoms with Crippen molar-refractivity contribution in [2.75, 3.05) is 53.5 Å². The van der Waals surface area contributed by atoms with Gasteiger partial charge in [-0.2, -0.15) is 0 Å². The molecule has 3 N–H and O–H groups in total. The molecule has 0 aliphatic carbocycles. The Bertz CT molecular complexity index is 1880. The van der Waals surface area contributed by atoms with E-state index >= 15 is 0 Å². The molecular formula is C39H54N6O6. The highest BCUT2D eigenvalue weighted by Crippen LogP contribution is 2.21. The Labute approximate surface area is 300 Å². The summed E-state index contributed by atoms with van der Waals surface area (Å²) in [5.74, 6) is 1.52. The van der Waals surface area contributed by atoms with Crippen molar-refractivity contribution in [1.29, 1.82) is 0 Å². The normalized spacial score (nSPS) is 16.4. The second kappa shape index (κ2) is 17.2. The number of pyridine rings is 2. The van der Waals surface area contributed by atoms with Crippen LogP contribution < -0.4 is 31.6 Å². The van der Waals surface area contributed by atoms with Gasteiger partial charge in [-0.25, -0.2) is 4.79 Å². The molecule has 2 aliphatic heterocycles. The maximum absolute atomic E-state index is 12.4. The summed E-state index contributed by atoms with van der Waals surface area (Å²) < 4.78 is 19.6. The molecule has 2 aromatic heterocycles. The van der Waals surface area contributed by atoms with Gasteiger partial charge in [0.15, 0.2) is 0 Å². The Balaban J connectivity index is 0.000000205. The number of nitrogens with two attached hydrogens (primary N) is 1. The summed E-state index contributed by atoms with van der Waals surface area (Å²) in [6.45, 7) is 12.4. The predicted molar refractivity (Wildman–Crippen MR) is 202 cm³/mol. The average molecular weight is 703 g/mol. The first-order valence-electron chi connectivity index (χ1n) is 18.0. The van der Waals surface area contributed by atoms with Gasteiger partial charge < -0.3 is 44.2 Å². The van der Waals surface area contributed by atoms with Gasteiger partial charge in [0.2, 0.25) is 0 Å². The van der Waals surface area contributed by atoms with E-state index in [1.54, 1.807) is 26.4 Å². The Morgan fingerprint density at radius 1 is 0.706 bits per heavy atom. The molecule has 6 rings (SSSR count). The SMILES string of the molecule is COc1ccc2ccc(=O)n(CCN3CCC(N)CC3)c2c1.COc1ccc2ccc(=O)n(CCN3CCC(NC(=O)OC(C)(C)C)CC3)c2c1. The first kappa shape index (κ1) is 37.9. The summed E-state index contributed by atoms with van der Waals surface area (Å²) in [5, 5.41) is 5.03. The second-order valence-electron chi connectivity index (χ2n) is 14.4. The molecule has 0 bridgehead atoms. The number of amides is 1. The van der Waals surface area contributed by atoms with Crippen LogP contribution in [0.1, 0.15) is 46.5 Å². The lowest BCUT2D eigenvalue weighted by atomic mass is 10.1. The molecule has 12 nitrogen and oxygen atoms in total. The van der Waals surface area contributed by atoms with Crippen molar-refractivity contribution >= 4 is 27.9 Å². The number of carbonyl (C=O) groups excluding carboxylic acids is 1. The number of hydrogen-bond donors (Lipinski definition) is 2. The third-order valence-corrected chi connectivity index (χ3v) is 9.62. The largest absolute Gasteiger partial charge is 0.497 e. The number of alkyl carbamates (subject to hydrolysis) is 1. The van der Waals surface area contributed by atoms with Gasteiger partial charge in [-0.3, -0.25) is 9.59 Å². The van der Waals surface area contributed by atoms with Crippen LogP contribution in [-0.2, 0) is 17.8 Å². The minimum Gasteiger partial charge on any atom is -0.497 e. The molecule has 276 valence electrons. The maximum atomic E-state index is 12.4. The summed E-state index contributed by atoms with van der Waals surface area (Å²) in [7, 11) is 3.27. The van der Waals surface area contributed by atoms with E-state index in [0.29, 0.717) is 19.1 Å². The quantitative estimate of drug-likeness (QED) is 0.260. The highest BCUT2D eigenvalue weighted by atomic mass is 16.6. The van der Waals surface area contributed by atoms with E-state index in [2.05, 4.69) is 15.1 Å². The number of nitrogens with one attached hydrogen (secondary N) is 1. The number of methoxy groups -OCH3 is 2. The maximum Gasteiger partial charge on any atom is 0.407 e. The molecule has 51 heavy (non-hydrogen) atoms. The predicted octanol–water partition coefficient (Wildman–Crippen LogP) is 4.43. The molecule has 0 unspecified atom stereocenters. The Morgan fingerprint density at radius 3 is 1.57 bits per heavy atom. The number of benzene rings is 2. The van der Waals surface area contributed by atoms with Crippen molar-refractivity contribution in [3.63, 3.8) is 0 Å². The summed E-state index contributed by atoms with van der Waals surface area (Å²) in [4.78, 5) is 41.3. The topological polar surface area (TPSA) is 133 Å². The first-order valence-corrected chi connectivity index (χ1v) is 18.0. The van der Waals surface area contributed by atoms with E-state index in [4.69, 9.17) is 19.9 Å². The summed E-state index contributed by atoms with van der Waals surface area (Å²) in [5.41, 5.74) is 7.30. The van der Waals surface area contributed by atoms with Crippen molar-refractivity contribution in [2.45, 2.75) is 77.2 Å². The van der Waals surface area contributed by atoms with E-state index in [1.807, 2.05) is 78.4 Å². The van der Waals surface area contributed by atoms with Gasteiger partial charge in [0.05, 0.1) is 25.3 Å². The number of likely N-dealkylation sites (tertiary alicyclic amines) is 2. The Morgan fingerprint density at radius 2 is 1.14 bits per heavy atom. The van der Waals surface area contributed by atoms with Gasteiger partial charge in [-0.05, 0) is 107 Å². The molecule has 0 atom stereocenters. The van der Waals surface area contributed by atoms with E-state index in [9.17, 15) is 14.4 Å². The minimum absolute atomic E-state index is 0.00719. The van der Waals surface area contributed by atoms with Crippen molar-refractivity contribution in [3.05, 3.63) is 81.4 Å². The summed E-state index contributed by atoms with van der Waals surface area (Å²) in [6, 6.07) is 19.1. The molecule has 2 saturated heterocycles. The van der Waals surface area contributed by atoms with E-state index in [0.717, 1.165) is 98.3 Å². The monoisotopic (exact) mass is 702 g/mol. The Hall–Kier alpha value is -4.39. The molecule has 1 amide bonds. The highest BCUT2D eigenvalue weighted by Gasteiger charge is 2.24. The number of carbonyl (C=O) groups is 1. The van der Waals surface area contributed by atoms with Crippen molar-refractivity contribution < 1.29 is 19.0 Å². The molecule has 2 aliphatic rings. The van der Waals surface area contributed by atoms with Gasteiger partial charge in [-0.1, -0.05) is 0 Å². The summed E-state index contributed by atoms with van der Waals surface area (Å²) in [6.07, 6.45) is 3.47. The van der Waals surface area contributed by atoms with Gasteiger partial charge in [0, 0.05) is 75.6 Å². The number of hydrogen-bond acceptors (Lipinski definition) is 9. The zero-order valence-electron chi connectivity index (χ0n) is 30.7. The van der Waals surface area contributed by atoms with Crippen molar-refractivity contribution in [1.82, 2.24) is 24.3 Å². The molecule has 2 aromatic carbocycles. The number of fused-ring (bicyclic) bond motifs is 2. The lowest BCUT2D eigenvalue weighted by Crippen LogP contribution is -2.46. The van der Waals surface area contributed by atoms with Crippen LogP contribution in [0.4, 0.5) is 4.79 Å². The smallest absolute Gasteiger partial charge is 0.407 e. The lowest BCUT2D eigenvalue weighted by molar-refractivity contribution is 0.0478. The van der Waals surface area contributed by atoms with Gasteiger partial charge >= 0.3 is 6.09 Å². The van der Waals surface area contributed by atoms with E-state index in [-0.39, 0.29) is 23.3 Å². The van der Waals surface area contributed by atoms with Crippen LogP contribution >= 0.6 is 0 Å². The van der Waals surface area contributed by atoms with Gasteiger partial charge in [-0.15, -0.1) is 0 Å². The number of ether oxygens (including phenoxy) is 3. The molecule has 4 aromatic rings. The summed E-state index contributed by atoms with van der Waals surface area (Å²) >= 11 is 0. The lowest BCUT2D eigenvalue weighted by Gasteiger charge is -2.33. The van der Waals surface area contributed by atoms with Crippen LogP contribution in [0, 0.1) is 0 Å².